The molecule has 0 bridgehead atoms. The molecule has 1 saturated heterocycles. The molecule has 1 amide bonds. The Morgan fingerprint density at radius 1 is 1.62 bits per heavy atom. The summed E-state index contributed by atoms with van der Waals surface area (Å²) in [7, 11) is 0. The fraction of sp³-hybridized carbons (Fsp3) is 0.733. The minimum absolute atomic E-state index is 0.0612. The topological polar surface area (TPSA) is 57.3 Å². The molecule has 1 aromatic rings. The van der Waals surface area contributed by atoms with Gasteiger partial charge in [-0.2, -0.15) is 0 Å². The largest absolute Gasteiger partial charge is 0.313 e. The van der Waals surface area contributed by atoms with E-state index in [9.17, 15) is 4.79 Å². The molecule has 1 atom stereocenters. The van der Waals surface area contributed by atoms with Crippen LogP contribution < -0.4 is 10.6 Å². The number of thiazole rings is 1. The highest BCUT2D eigenvalue weighted by molar-refractivity contribution is 7.13. The lowest BCUT2D eigenvalue weighted by Crippen LogP contribution is -2.37. The van der Waals surface area contributed by atoms with Crippen molar-refractivity contribution >= 4 is 22.4 Å². The van der Waals surface area contributed by atoms with Gasteiger partial charge in [0.2, 0.25) is 5.91 Å². The van der Waals surface area contributed by atoms with E-state index < -0.39 is 0 Å². The smallest absolute Gasteiger partial charge is 0.223 e. The van der Waals surface area contributed by atoms with Gasteiger partial charge < -0.3 is 10.6 Å². The number of rotatable bonds is 8. The highest BCUT2D eigenvalue weighted by atomic mass is 32.1. The minimum atomic E-state index is -0.0612. The van der Waals surface area contributed by atoms with Crippen molar-refractivity contribution < 1.29 is 4.79 Å². The molecule has 2 rings (SSSR count). The first kappa shape index (κ1) is 16.4. The van der Waals surface area contributed by atoms with Crippen molar-refractivity contribution in [1.82, 2.24) is 15.2 Å². The second-order valence-electron chi connectivity index (χ2n) is 5.71. The molecule has 1 aliphatic rings. The molecule has 1 unspecified atom stereocenters. The highest BCUT2D eigenvalue weighted by Crippen LogP contribution is 2.18. The number of anilines is 1. The molecule has 6 heteroatoms. The van der Waals surface area contributed by atoms with Crippen molar-refractivity contribution in [2.45, 2.75) is 52.1 Å². The molecule has 0 saturated carbocycles. The third-order valence-corrected chi connectivity index (χ3v) is 4.50. The first-order valence-electron chi connectivity index (χ1n) is 7.85. The summed E-state index contributed by atoms with van der Waals surface area (Å²) in [5.74, 6) is -0.0612. The number of unbranched alkanes of at least 4 members (excludes halogenated alkanes) is 1. The lowest BCUT2D eigenvalue weighted by Gasteiger charge is -2.24. The Balaban J connectivity index is 1.89. The zero-order chi connectivity index (χ0) is 15.1. The van der Waals surface area contributed by atoms with Crippen LogP contribution in [0.5, 0.6) is 0 Å². The molecule has 2 heterocycles. The van der Waals surface area contributed by atoms with Crippen LogP contribution in [0, 0.1) is 0 Å². The Morgan fingerprint density at radius 2 is 2.48 bits per heavy atom. The first-order chi connectivity index (χ1) is 10.2. The van der Waals surface area contributed by atoms with Crippen molar-refractivity contribution in [2.24, 2.45) is 0 Å². The van der Waals surface area contributed by atoms with Crippen molar-refractivity contribution in [1.29, 1.82) is 0 Å². The molecule has 1 aromatic heterocycles. The summed E-state index contributed by atoms with van der Waals surface area (Å²) >= 11 is 1.50. The van der Waals surface area contributed by atoms with Gasteiger partial charge in [-0.25, -0.2) is 4.98 Å². The minimum Gasteiger partial charge on any atom is -0.313 e. The van der Waals surface area contributed by atoms with E-state index in [0.717, 1.165) is 31.9 Å². The summed E-state index contributed by atoms with van der Waals surface area (Å²) in [6, 6.07) is 0.621. The molecule has 1 aliphatic heterocycles. The number of nitrogens with zero attached hydrogens (tertiary/aromatic N) is 2. The lowest BCUT2D eigenvalue weighted by molar-refractivity contribution is -0.114. The SMILES string of the molecule is CCCCN(Cc1csc(NC(C)=O)n1)CC1CCCN1. The van der Waals surface area contributed by atoms with Crippen molar-refractivity contribution in [2.75, 3.05) is 25.0 Å². The molecule has 0 aliphatic carbocycles. The van der Waals surface area contributed by atoms with E-state index in [0.29, 0.717) is 11.2 Å². The van der Waals surface area contributed by atoms with Gasteiger partial charge in [0.25, 0.3) is 0 Å². The van der Waals surface area contributed by atoms with E-state index in [-0.39, 0.29) is 5.91 Å². The summed E-state index contributed by atoms with van der Waals surface area (Å²) in [5, 5.41) is 9.07. The predicted octanol–water partition coefficient (Wildman–Crippen LogP) is 2.46. The molecule has 0 aromatic carbocycles. The summed E-state index contributed by atoms with van der Waals surface area (Å²) in [6.45, 7) is 7.96. The molecule has 2 N–H and O–H groups in total. The Labute approximate surface area is 131 Å². The van der Waals surface area contributed by atoms with E-state index in [1.165, 1.54) is 43.9 Å². The fourth-order valence-corrected chi connectivity index (χ4v) is 3.41. The van der Waals surface area contributed by atoms with Crippen molar-refractivity contribution in [3.05, 3.63) is 11.1 Å². The van der Waals surface area contributed by atoms with Crippen molar-refractivity contribution in [3.63, 3.8) is 0 Å². The number of aromatic nitrogens is 1. The van der Waals surface area contributed by atoms with Crippen LogP contribution in [0.1, 0.15) is 45.2 Å². The summed E-state index contributed by atoms with van der Waals surface area (Å²) in [4.78, 5) is 18.0. The van der Waals surface area contributed by atoms with Gasteiger partial charge in [0.1, 0.15) is 0 Å². The Morgan fingerprint density at radius 3 is 3.14 bits per heavy atom. The van der Waals surface area contributed by atoms with Gasteiger partial charge in [-0.3, -0.25) is 9.69 Å². The summed E-state index contributed by atoms with van der Waals surface area (Å²) in [5.41, 5.74) is 1.05. The monoisotopic (exact) mass is 310 g/mol. The Kier molecular flexibility index (Phi) is 6.60. The zero-order valence-corrected chi connectivity index (χ0v) is 13.8. The lowest BCUT2D eigenvalue weighted by atomic mass is 10.2. The average Bonchev–Trinajstić information content (AvgIpc) is 3.07. The second-order valence-corrected chi connectivity index (χ2v) is 6.57. The third-order valence-electron chi connectivity index (χ3n) is 3.69. The van der Waals surface area contributed by atoms with Gasteiger partial charge in [0.05, 0.1) is 5.69 Å². The van der Waals surface area contributed by atoms with Gasteiger partial charge in [0, 0.05) is 31.4 Å². The van der Waals surface area contributed by atoms with Crippen LogP contribution in [0.15, 0.2) is 5.38 Å². The van der Waals surface area contributed by atoms with Gasteiger partial charge in [-0.1, -0.05) is 13.3 Å². The maximum absolute atomic E-state index is 11.1. The van der Waals surface area contributed by atoms with Crippen LogP contribution in [-0.2, 0) is 11.3 Å². The van der Waals surface area contributed by atoms with Gasteiger partial charge in [-0.15, -0.1) is 11.3 Å². The first-order valence-corrected chi connectivity index (χ1v) is 8.73. The maximum Gasteiger partial charge on any atom is 0.223 e. The molecular formula is C15H26N4OS. The number of carbonyl (C=O) groups is 1. The number of amides is 1. The van der Waals surface area contributed by atoms with E-state index >= 15 is 0 Å². The predicted molar refractivity (Wildman–Crippen MR) is 87.6 cm³/mol. The quantitative estimate of drug-likeness (QED) is 0.774. The van der Waals surface area contributed by atoms with Crippen molar-refractivity contribution in [3.8, 4) is 0 Å². The molecule has 118 valence electrons. The number of hydrogen-bond donors (Lipinski definition) is 2. The molecule has 0 radical (unpaired) electrons. The van der Waals surface area contributed by atoms with Crippen LogP contribution >= 0.6 is 11.3 Å². The average molecular weight is 310 g/mol. The van der Waals surface area contributed by atoms with E-state index in [1.54, 1.807) is 0 Å². The standard InChI is InChI=1S/C15H26N4OS/c1-3-4-8-19(9-13-6-5-7-16-13)10-14-11-21-15(18-14)17-12(2)20/h11,13,16H,3-10H2,1-2H3,(H,17,18,20). The van der Waals surface area contributed by atoms with E-state index in [4.69, 9.17) is 0 Å². The van der Waals surface area contributed by atoms with Crippen LogP contribution in [-0.4, -0.2) is 41.5 Å². The Bertz CT molecular complexity index is 443. The van der Waals surface area contributed by atoms with Crippen LogP contribution in [0.3, 0.4) is 0 Å². The fourth-order valence-electron chi connectivity index (χ4n) is 2.66. The molecule has 21 heavy (non-hydrogen) atoms. The van der Waals surface area contributed by atoms with Crippen LogP contribution in [0.2, 0.25) is 0 Å². The van der Waals surface area contributed by atoms with Gasteiger partial charge >= 0.3 is 0 Å². The zero-order valence-electron chi connectivity index (χ0n) is 13.0. The second kappa shape index (κ2) is 8.46. The van der Waals surface area contributed by atoms with Gasteiger partial charge in [-0.05, 0) is 32.4 Å². The van der Waals surface area contributed by atoms with Crippen LogP contribution in [0.25, 0.3) is 0 Å². The number of carbonyl (C=O) groups excluding carboxylic acids is 1. The van der Waals surface area contributed by atoms with Gasteiger partial charge in [0.15, 0.2) is 5.13 Å². The third kappa shape index (κ3) is 5.73. The van der Waals surface area contributed by atoms with E-state index in [1.807, 2.05) is 5.38 Å². The highest BCUT2D eigenvalue weighted by Gasteiger charge is 2.18. The molecular weight excluding hydrogens is 284 g/mol. The molecule has 5 nitrogen and oxygen atoms in total. The Hall–Kier alpha value is -0.980. The number of hydrogen-bond acceptors (Lipinski definition) is 5. The van der Waals surface area contributed by atoms with Crippen LogP contribution in [0.4, 0.5) is 5.13 Å². The van der Waals surface area contributed by atoms with E-state index in [2.05, 4.69) is 27.4 Å². The number of nitrogens with one attached hydrogen (secondary N) is 2. The normalized spacial score (nSPS) is 18.3. The maximum atomic E-state index is 11.1. The summed E-state index contributed by atoms with van der Waals surface area (Å²) in [6.07, 6.45) is 4.99. The molecule has 1 fully saturated rings. The summed E-state index contributed by atoms with van der Waals surface area (Å²) < 4.78 is 0. The molecule has 0 spiro atoms.